The van der Waals surface area contributed by atoms with Gasteiger partial charge in [0, 0.05) is 18.8 Å². The van der Waals surface area contributed by atoms with E-state index in [2.05, 4.69) is 50.6 Å². The minimum Gasteiger partial charge on any atom is -0.327 e. The number of amidine groups is 1. The molecule has 0 saturated carbocycles. The molecule has 6 heteroatoms. The second kappa shape index (κ2) is 11.5. The van der Waals surface area contributed by atoms with Gasteiger partial charge in [0.2, 0.25) is 0 Å². The minimum atomic E-state index is -0.534. The molecule has 0 aliphatic carbocycles. The van der Waals surface area contributed by atoms with Gasteiger partial charge in [-0.15, -0.1) is 0 Å². The lowest BCUT2D eigenvalue weighted by molar-refractivity contribution is -0.124. The number of allylic oxidation sites excluding steroid dienone is 3. The van der Waals surface area contributed by atoms with Crippen LogP contribution in [0, 0.1) is 5.41 Å². The van der Waals surface area contributed by atoms with Gasteiger partial charge in [-0.05, 0) is 55.1 Å². The van der Waals surface area contributed by atoms with Crippen molar-refractivity contribution in [2.24, 2.45) is 10.4 Å². The van der Waals surface area contributed by atoms with E-state index < -0.39 is 5.91 Å². The van der Waals surface area contributed by atoms with Gasteiger partial charge in [0.15, 0.2) is 0 Å². The van der Waals surface area contributed by atoms with Crippen LogP contribution in [0.25, 0.3) is 0 Å². The largest absolute Gasteiger partial charge is 0.327 e. The van der Waals surface area contributed by atoms with E-state index in [1.165, 1.54) is 31.8 Å². The van der Waals surface area contributed by atoms with Crippen LogP contribution in [0.4, 0.5) is 0 Å². The van der Waals surface area contributed by atoms with E-state index in [-0.39, 0.29) is 0 Å². The lowest BCUT2D eigenvalue weighted by Crippen LogP contribution is -2.46. The summed E-state index contributed by atoms with van der Waals surface area (Å²) in [5, 5.41) is 8.66. The summed E-state index contributed by atoms with van der Waals surface area (Å²) in [7, 11) is 0. The maximum atomic E-state index is 11.3. The van der Waals surface area contributed by atoms with Crippen LogP contribution in [-0.4, -0.2) is 58.5 Å². The van der Waals surface area contributed by atoms with Gasteiger partial charge >= 0.3 is 0 Å². The fourth-order valence-corrected chi connectivity index (χ4v) is 3.86. The van der Waals surface area contributed by atoms with Crippen LogP contribution in [0.3, 0.4) is 0 Å². The molecule has 2 rings (SSSR count). The predicted molar refractivity (Wildman–Crippen MR) is 123 cm³/mol. The zero-order valence-electron chi connectivity index (χ0n) is 19.4. The molecule has 2 aliphatic heterocycles. The van der Waals surface area contributed by atoms with Gasteiger partial charge in [0.25, 0.3) is 5.91 Å². The molecule has 2 unspecified atom stereocenters. The number of hydroxylamine groups is 1. The Kier molecular flexibility index (Phi) is 9.31. The highest BCUT2D eigenvalue weighted by Crippen LogP contribution is 2.28. The maximum absolute atomic E-state index is 11.3. The highest BCUT2D eigenvalue weighted by Gasteiger charge is 2.35. The number of amides is 1. The molecule has 0 radical (unpaired) electrons. The second-order valence-electron chi connectivity index (χ2n) is 9.50. The third-order valence-electron chi connectivity index (χ3n) is 5.80. The Hall–Kier alpha value is -1.92. The van der Waals surface area contributed by atoms with Gasteiger partial charge in [0.05, 0.1) is 12.1 Å². The Morgan fingerprint density at radius 1 is 1.33 bits per heavy atom. The van der Waals surface area contributed by atoms with Crippen molar-refractivity contribution in [3.05, 3.63) is 36.1 Å². The Morgan fingerprint density at radius 3 is 2.73 bits per heavy atom. The summed E-state index contributed by atoms with van der Waals surface area (Å²) in [4.78, 5) is 21.2. The fourth-order valence-electron chi connectivity index (χ4n) is 3.86. The first-order valence-electron chi connectivity index (χ1n) is 11.4. The molecule has 168 valence electrons. The molecule has 2 N–H and O–H groups in total. The Bertz CT molecular complexity index is 688. The second-order valence-corrected chi connectivity index (χ2v) is 9.50. The molecule has 0 spiro atoms. The first-order valence-corrected chi connectivity index (χ1v) is 11.4. The molecular formula is C24H40N4O2. The molecule has 2 aliphatic rings. The van der Waals surface area contributed by atoms with Crippen LogP contribution in [0.15, 0.2) is 41.1 Å². The summed E-state index contributed by atoms with van der Waals surface area (Å²) < 4.78 is 0. The summed E-state index contributed by atoms with van der Waals surface area (Å²) >= 11 is 0. The van der Waals surface area contributed by atoms with Crippen molar-refractivity contribution < 1.29 is 10.0 Å². The van der Waals surface area contributed by atoms with Crippen molar-refractivity contribution in [2.75, 3.05) is 19.6 Å². The molecule has 0 aromatic carbocycles. The standard InChI is InChI=1S/C24H40N4O2/c1-6-8-9-10-20-21(18-27(7-2)16-14-24(3,4)5)28-15-13-19(17-22(28)25-20)11-12-23(29)26-30/h11-13,15,17,20-21,30H,6-10,14,16,18H2,1-5H3,(H,26,29)/b12-11+. The van der Waals surface area contributed by atoms with Crippen LogP contribution >= 0.6 is 0 Å². The van der Waals surface area contributed by atoms with E-state index in [4.69, 9.17) is 10.2 Å². The highest BCUT2D eigenvalue weighted by molar-refractivity contribution is 5.98. The molecule has 6 nitrogen and oxygen atoms in total. The van der Waals surface area contributed by atoms with Crippen molar-refractivity contribution in [3.8, 4) is 0 Å². The molecule has 30 heavy (non-hydrogen) atoms. The van der Waals surface area contributed by atoms with E-state index in [0.717, 1.165) is 37.5 Å². The summed E-state index contributed by atoms with van der Waals surface area (Å²) in [5.41, 5.74) is 2.86. The smallest absolute Gasteiger partial charge is 0.267 e. The number of hydrogen-bond donors (Lipinski definition) is 2. The molecule has 2 atom stereocenters. The zero-order valence-corrected chi connectivity index (χ0v) is 19.4. The van der Waals surface area contributed by atoms with Gasteiger partial charge < -0.3 is 9.80 Å². The van der Waals surface area contributed by atoms with Crippen LogP contribution in [0.1, 0.15) is 66.7 Å². The number of rotatable bonds is 11. The monoisotopic (exact) mass is 416 g/mol. The molecule has 0 aromatic rings. The van der Waals surface area contributed by atoms with Crippen LogP contribution in [-0.2, 0) is 4.79 Å². The van der Waals surface area contributed by atoms with Gasteiger partial charge in [-0.2, -0.15) is 0 Å². The third kappa shape index (κ3) is 7.40. The minimum absolute atomic E-state index is 0.292. The summed E-state index contributed by atoms with van der Waals surface area (Å²) in [6.45, 7) is 14.5. The summed E-state index contributed by atoms with van der Waals surface area (Å²) in [6.07, 6.45) is 15.1. The first kappa shape index (κ1) is 24.4. The number of unbranched alkanes of at least 4 members (excludes halogenated alkanes) is 2. The zero-order chi connectivity index (χ0) is 22.1. The fraction of sp³-hybridized carbons (Fsp3) is 0.667. The van der Waals surface area contributed by atoms with E-state index >= 15 is 0 Å². The van der Waals surface area contributed by atoms with Gasteiger partial charge in [-0.1, -0.05) is 53.9 Å². The predicted octanol–water partition coefficient (Wildman–Crippen LogP) is 4.29. The molecule has 2 heterocycles. The first-order chi connectivity index (χ1) is 14.3. The van der Waals surface area contributed by atoms with E-state index in [1.54, 1.807) is 11.6 Å². The number of nitrogens with zero attached hydrogens (tertiary/aromatic N) is 3. The lowest BCUT2D eigenvalue weighted by Gasteiger charge is -2.34. The van der Waals surface area contributed by atoms with Crippen molar-refractivity contribution in [1.82, 2.24) is 15.3 Å². The number of fused-ring (bicyclic) bond motifs is 1. The summed E-state index contributed by atoms with van der Waals surface area (Å²) in [6, 6.07) is 0.635. The average Bonchev–Trinajstić information content (AvgIpc) is 3.05. The lowest BCUT2D eigenvalue weighted by atomic mass is 9.92. The molecule has 0 fully saturated rings. The molecule has 1 amide bonds. The van der Waals surface area contributed by atoms with E-state index in [1.807, 2.05) is 12.2 Å². The Morgan fingerprint density at radius 2 is 2.10 bits per heavy atom. The topological polar surface area (TPSA) is 68.2 Å². The van der Waals surface area contributed by atoms with Crippen molar-refractivity contribution >= 4 is 11.7 Å². The normalized spacial score (nSPS) is 21.2. The molecule has 0 bridgehead atoms. The number of likely N-dealkylation sites (N-methyl/N-ethyl adjacent to an activating group) is 1. The third-order valence-corrected chi connectivity index (χ3v) is 5.80. The number of carbonyl (C=O) groups is 1. The SMILES string of the molecule is CCCCCC1N=C2C=C(/C=C/C(=O)NO)C=CN2C1CN(CC)CCC(C)(C)C. The van der Waals surface area contributed by atoms with Gasteiger partial charge in [-0.25, -0.2) is 5.48 Å². The molecule has 0 aromatic heterocycles. The van der Waals surface area contributed by atoms with Crippen LogP contribution in [0.2, 0.25) is 0 Å². The van der Waals surface area contributed by atoms with Crippen molar-refractivity contribution in [3.63, 3.8) is 0 Å². The molecule has 0 saturated heterocycles. The average molecular weight is 417 g/mol. The van der Waals surface area contributed by atoms with Crippen LogP contribution in [0.5, 0.6) is 0 Å². The quantitative estimate of drug-likeness (QED) is 0.228. The highest BCUT2D eigenvalue weighted by atomic mass is 16.5. The van der Waals surface area contributed by atoms with Gasteiger partial charge in [-0.3, -0.25) is 15.0 Å². The molecular weight excluding hydrogens is 376 g/mol. The number of carbonyl (C=O) groups excluding carboxylic acids is 1. The van der Waals surface area contributed by atoms with E-state index in [9.17, 15) is 4.79 Å². The van der Waals surface area contributed by atoms with Crippen molar-refractivity contribution in [2.45, 2.75) is 78.8 Å². The van der Waals surface area contributed by atoms with Gasteiger partial charge in [0.1, 0.15) is 5.84 Å². The number of hydrogen-bond acceptors (Lipinski definition) is 5. The van der Waals surface area contributed by atoms with E-state index in [0.29, 0.717) is 17.5 Å². The number of nitrogens with one attached hydrogen (secondary N) is 1. The van der Waals surface area contributed by atoms with Crippen LogP contribution < -0.4 is 5.48 Å². The Labute approximate surface area is 182 Å². The number of aliphatic imine (C=N–C) groups is 1. The summed E-state index contributed by atoms with van der Waals surface area (Å²) in [5.74, 6) is 0.438. The Balaban J connectivity index is 2.13. The van der Waals surface area contributed by atoms with Crippen molar-refractivity contribution in [1.29, 1.82) is 0 Å². The maximum Gasteiger partial charge on any atom is 0.267 e.